The summed E-state index contributed by atoms with van der Waals surface area (Å²) in [5.41, 5.74) is 0. The van der Waals surface area contributed by atoms with Crippen LogP contribution in [0.15, 0.2) is 4.99 Å². The number of nitrogens with zero attached hydrogens (tertiary/aromatic N) is 3. The maximum Gasteiger partial charge on any atom is 0.191 e. The molecule has 1 fully saturated rings. The van der Waals surface area contributed by atoms with Gasteiger partial charge in [-0.1, -0.05) is 13.8 Å². The van der Waals surface area contributed by atoms with Gasteiger partial charge in [-0.3, -0.25) is 4.99 Å². The molecule has 1 rings (SSSR count). The molecule has 0 spiro atoms. The van der Waals surface area contributed by atoms with E-state index in [2.05, 4.69) is 55.2 Å². The summed E-state index contributed by atoms with van der Waals surface area (Å²) in [4.78, 5) is 9.68. The van der Waals surface area contributed by atoms with E-state index in [9.17, 15) is 0 Å². The van der Waals surface area contributed by atoms with Crippen LogP contribution in [0.2, 0.25) is 0 Å². The molecule has 0 aliphatic carbocycles. The SMILES string of the molecule is CCNC(=NCCC(OCC)C(C)C)NCCN1CCCN(C)CC1. The monoisotopic (exact) mass is 355 g/mol. The van der Waals surface area contributed by atoms with Gasteiger partial charge in [0.05, 0.1) is 6.10 Å². The predicted octanol–water partition coefficient (Wildman–Crippen LogP) is 1.63. The van der Waals surface area contributed by atoms with Crippen molar-refractivity contribution in [3.05, 3.63) is 0 Å². The van der Waals surface area contributed by atoms with E-state index in [0.29, 0.717) is 12.0 Å². The van der Waals surface area contributed by atoms with Crippen LogP contribution >= 0.6 is 0 Å². The van der Waals surface area contributed by atoms with E-state index in [1.54, 1.807) is 0 Å². The first kappa shape index (κ1) is 22.2. The van der Waals surface area contributed by atoms with Gasteiger partial charge in [0.15, 0.2) is 5.96 Å². The minimum Gasteiger partial charge on any atom is -0.378 e. The summed E-state index contributed by atoms with van der Waals surface area (Å²) in [6.45, 7) is 17.8. The Balaban J connectivity index is 2.34. The third kappa shape index (κ3) is 10.0. The van der Waals surface area contributed by atoms with Gasteiger partial charge in [0.25, 0.3) is 0 Å². The molecule has 2 N–H and O–H groups in total. The van der Waals surface area contributed by atoms with Crippen molar-refractivity contribution in [2.45, 2.75) is 46.6 Å². The molecule has 1 aliphatic heterocycles. The van der Waals surface area contributed by atoms with Crippen molar-refractivity contribution in [3.63, 3.8) is 0 Å². The second kappa shape index (κ2) is 13.4. The first-order valence-corrected chi connectivity index (χ1v) is 10.1. The van der Waals surface area contributed by atoms with E-state index in [0.717, 1.165) is 51.7 Å². The van der Waals surface area contributed by atoms with E-state index < -0.39 is 0 Å². The maximum absolute atomic E-state index is 5.81. The van der Waals surface area contributed by atoms with Crippen LogP contribution in [0.5, 0.6) is 0 Å². The quantitative estimate of drug-likeness (QED) is 0.461. The Morgan fingerprint density at radius 3 is 2.60 bits per heavy atom. The molecule has 25 heavy (non-hydrogen) atoms. The smallest absolute Gasteiger partial charge is 0.191 e. The number of guanidine groups is 1. The summed E-state index contributed by atoms with van der Waals surface area (Å²) >= 11 is 0. The number of likely N-dealkylation sites (N-methyl/N-ethyl adjacent to an activating group) is 1. The average molecular weight is 356 g/mol. The van der Waals surface area contributed by atoms with Crippen molar-refractivity contribution in [2.75, 3.05) is 66.0 Å². The average Bonchev–Trinajstić information content (AvgIpc) is 2.78. The number of ether oxygens (including phenoxy) is 1. The van der Waals surface area contributed by atoms with Gasteiger partial charge in [-0.2, -0.15) is 0 Å². The summed E-state index contributed by atoms with van der Waals surface area (Å²) in [6, 6.07) is 0. The third-order valence-corrected chi connectivity index (χ3v) is 4.68. The lowest BCUT2D eigenvalue weighted by Gasteiger charge is -2.21. The van der Waals surface area contributed by atoms with Crippen LogP contribution in [-0.2, 0) is 4.74 Å². The van der Waals surface area contributed by atoms with E-state index in [1.165, 1.54) is 26.1 Å². The highest BCUT2D eigenvalue weighted by molar-refractivity contribution is 5.79. The van der Waals surface area contributed by atoms with Crippen LogP contribution in [0.1, 0.15) is 40.5 Å². The van der Waals surface area contributed by atoms with Crippen LogP contribution in [-0.4, -0.2) is 87.9 Å². The lowest BCUT2D eigenvalue weighted by molar-refractivity contribution is 0.0266. The van der Waals surface area contributed by atoms with E-state index in [4.69, 9.17) is 9.73 Å². The first-order valence-electron chi connectivity index (χ1n) is 10.1. The highest BCUT2D eigenvalue weighted by atomic mass is 16.5. The van der Waals surface area contributed by atoms with Crippen LogP contribution in [0.4, 0.5) is 0 Å². The summed E-state index contributed by atoms with van der Waals surface area (Å²) in [6.07, 6.45) is 2.53. The minimum absolute atomic E-state index is 0.297. The zero-order valence-corrected chi connectivity index (χ0v) is 17.2. The maximum atomic E-state index is 5.81. The van der Waals surface area contributed by atoms with Crippen molar-refractivity contribution in [2.24, 2.45) is 10.9 Å². The topological polar surface area (TPSA) is 52.1 Å². The number of hydrogen-bond acceptors (Lipinski definition) is 4. The summed E-state index contributed by atoms with van der Waals surface area (Å²) in [5, 5.41) is 6.82. The molecule has 0 bridgehead atoms. The summed E-state index contributed by atoms with van der Waals surface area (Å²) < 4.78 is 5.81. The first-order chi connectivity index (χ1) is 12.1. The van der Waals surface area contributed by atoms with Gasteiger partial charge in [-0.15, -0.1) is 0 Å². The molecule has 6 heteroatoms. The minimum atomic E-state index is 0.297. The van der Waals surface area contributed by atoms with Crippen molar-refractivity contribution in [3.8, 4) is 0 Å². The molecule has 1 heterocycles. The number of nitrogens with one attached hydrogen (secondary N) is 2. The van der Waals surface area contributed by atoms with Gasteiger partial charge in [-0.25, -0.2) is 0 Å². The standard InChI is InChI=1S/C19H41N5O/c1-6-20-19(21-10-9-18(17(3)4)25-7-2)22-11-14-24-13-8-12-23(5)15-16-24/h17-18H,6-16H2,1-5H3,(H2,20,21,22). The fourth-order valence-electron chi connectivity index (χ4n) is 3.12. The molecule has 1 saturated heterocycles. The number of hydrogen-bond donors (Lipinski definition) is 2. The van der Waals surface area contributed by atoms with Crippen molar-refractivity contribution >= 4 is 5.96 Å². The van der Waals surface area contributed by atoms with Gasteiger partial charge < -0.3 is 25.2 Å². The fraction of sp³-hybridized carbons (Fsp3) is 0.947. The molecule has 0 aromatic rings. The molecule has 0 saturated carbocycles. The van der Waals surface area contributed by atoms with Crippen LogP contribution in [0.3, 0.4) is 0 Å². The lowest BCUT2D eigenvalue weighted by Crippen LogP contribution is -2.42. The zero-order valence-electron chi connectivity index (χ0n) is 17.2. The summed E-state index contributed by atoms with van der Waals surface area (Å²) in [5.74, 6) is 1.46. The van der Waals surface area contributed by atoms with Gasteiger partial charge in [0.1, 0.15) is 0 Å². The second-order valence-corrected chi connectivity index (χ2v) is 7.21. The molecular formula is C19H41N5O. The molecule has 148 valence electrons. The Labute approximate surface area is 155 Å². The molecule has 1 unspecified atom stereocenters. The number of rotatable bonds is 10. The Morgan fingerprint density at radius 1 is 1.12 bits per heavy atom. The molecule has 0 aromatic heterocycles. The highest BCUT2D eigenvalue weighted by Crippen LogP contribution is 2.10. The molecule has 0 amide bonds. The largest absolute Gasteiger partial charge is 0.378 e. The molecule has 0 aromatic carbocycles. The molecule has 1 aliphatic rings. The van der Waals surface area contributed by atoms with Gasteiger partial charge in [0, 0.05) is 45.9 Å². The van der Waals surface area contributed by atoms with Gasteiger partial charge in [0.2, 0.25) is 0 Å². The Kier molecular flexibility index (Phi) is 11.9. The van der Waals surface area contributed by atoms with Crippen molar-refractivity contribution in [1.82, 2.24) is 20.4 Å². The molecule has 0 radical (unpaired) electrons. The van der Waals surface area contributed by atoms with E-state index >= 15 is 0 Å². The van der Waals surface area contributed by atoms with Gasteiger partial charge >= 0.3 is 0 Å². The van der Waals surface area contributed by atoms with Gasteiger partial charge in [-0.05, 0) is 52.7 Å². The Hall–Kier alpha value is -0.850. The van der Waals surface area contributed by atoms with Crippen molar-refractivity contribution < 1.29 is 4.74 Å². The Morgan fingerprint density at radius 2 is 1.92 bits per heavy atom. The fourth-order valence-corrected chi connectivity index (χ4v) is 3.12. The lowest BCUT2D eigenvalue weighted by atomic mass is 10.0. The predicted molar refractivity (Wildman–Crippen MR) is 107 cm³/mol. The highest BCUT2D eigenvalue weighted by Gasteiger charge is 2.13. The Bertz CT molecular complexity index is 362. The van der Waals surface area contributed by atoms with Crippen LogP contribution in [0.25, 0.3) is 0 Å². The number of aliphatic imine (C=N–C) groups is 1. The van der Waals surface area contributed by atoms with Crippen LogP contribution in [0, 0.1) is 5.92 Å². The zero-order chi connectivity index (χ0) is 18.5. The molecular weight excluding hydrogens is 314 g/mol. The van der Waals surface area contributed by atoms with Crippen molar-refractivity contribution in [1.29, 1.82) is 0 Å². The van der Waals surface area contributed by atoms with Crippen LogP contribution < -0.4 is 10.6 Å². The molecule has 1 atom stereocenters. The summed E-state index contributed by atoms with van der Waals surface area (Å²) in [7, 11) is 2.21. The van der Waals surface area contributed by atoms with E-state index in [1.807, 2.05) is 0 Å². The van der Waals surface area contributed by atoms with E-state index in [-0.39, 0.29) is 0 Å². The third-order valence-electron chi connectivity index (χ3n) is 4.68. The second-order valence-electron chi connectivity index (χ2n) is 7.21. The normalized spacial score (nSPS) is 19.0. The molecule has 6 nitrogen and oxygen atoms in total.